The maximum absolute atomic E-state index is 11.0. The summed E-state index contributed by atoms with van der Waals surface area (Å²) in [5.41, 5.74) is 0.515. The molecule has 0 radical (unpaired) electrons. The first kappa shape index (κ1) is 13.8. The van der Waals surface area contributed by atoms with E-state index < -0.39 is 12.0 Å². The lowest BCUT2D eigenvalue weighted by atomic mass is 10.0. The van der Waals surface area contributed by atoms with Crippen molar-refractivity contribution in [2.75, 3.05) is 0 Å². The molecular weight excluding hydrogens is 242 g/mol. The monoisotopic (exact) mass is 257 g/mol. The molecule has 0 bridgehead atoms. The van der Waals surface area contributed by atoms with E-state index in [1.807, 2.05) is 13.8 Å². The zero-order chi connectivity index (χ0) is 13.0. The molecule has 1 aromatic rings. The molecule has 0 saturated heterocycles. The number of carboxylic acids is 1. The van der Waals surface area contributed by atoms with Gasteiger partial charge < -0.3 is 10.2 Å². The van der Waals surface area contributed by atoms with Gasteiger partial charge in [-0.05, 0) is 18.1 Å². The highest BCUT2D eigenvalue weighted by molar-refractivity contribution is 6.31. The highest BCUT2D eigenvalue weighted by Gasteiger charge is 2.21. The molecule has 0 aromatic heterocycles. The van der Waals surface area contributed by atoms with Crippen LogP contribution in [0.4, 0.5) is 0 Å². The van der Waals surface area contributed by atoms with Gasteiger partial charge in [-0.15, -0.1) is 0 Å². The molecule has 1 atom stereocenters. The number of carboxylic acid groups (broad SMARTS) is 1. The van der Waals surface area contributed by atoms with Crippen LogP contribution in [-0.4, -0.2) is 22.2 Å². The lowest BCUT2D eigenvalue weighted by Gasteiger charge is -2.18. The number of nitrogens with one attached hydrogen (secondary N) is 1. The average molecular weight is 258 g/mol. The first-order valence-corrected chi connectivity index (χ1v) is 5.73. The van der Waals surface area contributed by atoms with Crippen LogP contribution in [-0.2, 0) is 11.3 Å². The molecule has 4 nitrogen and oxygen atoms in total. The third-order valence-electron chi connectivity index (χ3n) is 2.53. The molecular formula is C12H16ClNO3. The van der Waals surface area contributed by atoms with Gasteiger partial charge in [0.15, 0.2) is 0 Å². The third kappa shape index (κ3) is 3.61. The van der Waals surface area contributed by atoms with E-state index in [-0.39, 0.29) is 18.2 Å². The van der Waals surface area contributed by atoms with Gasteiger partial charge in [0.1, 0.15) is 11.8 Å². The van der Waals surface area contributed by atoms with Gasteiger partial charge in [-0.2, -0.15) is 0 Å². The lowest BCUT2D eigenvalue weighted by Crippen LogP contribution is -2.40. The van der Waals surface area contributed by atoms with Crippen LogP contribution in [0.3, 0.4) is 0 Å². The van der Waals surface area contributed by atoms with E-state index in [0.29, 0.717) is 10.6 Å². The Morgan fingerprint density at radius 3 is 2.59 bits per heavy atom. The Hall–Kier alpha value is -1.26. The standard InChI is InChI=1S/C12H16ClNO3/c1-7(2)11(12(16)17)14-6-8-9(13)4-3-5-10(8)15/h3-5,7,11,14-15H,6H2,1-2H3,(H,16,17). The van der Waals surface area contributed by atoms with Crippen LogP contribution < -0.4 is 5.32 Å². The van der Waals surface area contributed by atoms with Crippen molar-refractivity contribution in [1.29, 1.82) is 0 Å². The molecule has 3 N–H and O–H groups in total. The second kappa shape index (κ2) is 5.89. The number of aromatic hydroxyl groups is 1. The zero-order valence-electron chi connectivity index (χ0n) is 9.77. The van der Waals surface area contributed by atoms with E-state index in [1.165, 1.54) is 6.07 Å². The van der Waals surface area contributed by atoms with Gasteiger partial charge in [0.05, 0.1) is 0 Å². The van der Waals surface area contributed by atoms with Gasteiger partial charge in [-0.1, -0.05) is 31.5 Å². The number of phenols is 1. The summed E-state index contributed by atoms with van der Waals surface area (Å²) in [4.78, 5) is 11.0. The molecule has 0 aliphatic rings. The number of halogens is 1. The Bertz CT molecular complexity index is 386. The predicted octanol–water partition coefficient (Wildman–Crippen LogP) is 2.24. The van der Waals surface area contributed by atoms with E-state index in [4.69, 9.17) is 16.7 Å². The minimum Gasteiger partial charge on any atom is -0.508 e. The van der Waals surface area contributed by atoms with E-state index in [1.54, 1.807) is 12.1 Å². The number of phenolic OH excluding ortho intramolecular Hbond substituents is 1. The summed E-state index contributed by atoms with van der Waals surface area (Å²) >= 11 is 5.92. The number of aliphatic carboxylic acids is 1. The SMILES string of the molecule is CC(C)C(NCc1c(O)cccc1Cl)C(=O)O. The minimum atomic E-state index is -0.911. The van der Waals surface area contributed by atoms with E-state index in [9.17, 15) is 9.90 Å². The Morgan fingerprint density at radius 2 is 2.12 bits per heavy atom. The fourth-order valence-corrected chi connectivity index (χ4v) is 1.78. The number of benzene rings is 1. The second-order valence-corrected chi connectivity index (χ2v) is 4.59. The van der Waals surface area contributed by atoms with Crippen molar-refractivity contribution in [2.24, 2.45) is 5.92 Å². The summed E-state index contributed by atoms with van der Waals surface area (Å²) in [6.07, 6.45) is 0. The van der Waals surface area contributed by atoms with Gasteiger partial charge >= 0.3 is 5.97 Å². The Balaban J connectivity index is 2.75. The molecule has 0 aliphatic carbocycles. The summed E-state index contributed by atoms with van der Waals surface area (Å²) < 4.78 is 0. The van der Waals surface area contributed by atoms with Gasteiger partial charge in [0.2, 0.25) is 0 Å². The molecule has 94 valence electrons. The van der Waals surface area contributed by atoms with Crippen LogP contribution in [0.2, 0.25) is 5.02 Å². The normalized spacial score (nSPS) is 12.7. The van der Waals surface area contributed by atoms with Crippen molar-refractivity contribution in [3.05, 3.63) is 28.8 Å². The van der Waals surface area contributed by atoms with Crippen molar-refractivity contribution in [3.8, 4) is 5.75 Å². The van der Waals surface area contributed by atoms with Crippen LogP contribution in [0.15, 0.2) is 18.2 Å². The Morgan fingerprint density at radius 1 is 1.47 bits per heavy atom. The van der Waals surface area contributed by atoms with Crippen LogP contribution in [0.25, 0.3) is 0 Å². The number of carbonyl (C=O) groups is 1. The molecule has 0 heterocycles. The van der Waals surface area contributed by atoms with Gasteiger partial charge in [0, 0.05) is 17.1 Å². The topological polar surface area (TPSA) is 69.6 Å². The van der Waals surface area contributed by atoms with Crippen molar-refractivity contribution in [3.63, 3.8) is 0 Å². The van der Waals surface area contributed by atoms with E-state index in [2.05, 4.69) is 5.32 Å². The molecule has 0 amide bonds. The molecule has 0 fully saturated rings. The smallest absolute Gasteiger partial charge is 0.320 e. The van der Waals surface area contributed by atoms with Gasteiger partial charge in [-0.3, -0.25) is 10.1 Å². The van der Waals surface area contributed by atoms with Crippen LogP contribution in [0.5, 0.6) is 5.75 Å². The first-order chi connectivity index (χ1) is 7.93. The number of hydrogen-bond donors (Lipinski definition) is 3. The molecule has 0 aliphatic heterocycles. The summed E-state index contributed by atoms with van der Waals surface area (Å²) in [6, 6.07) is 4.15. The maximum atomic E-state index is 11.0. The van der Waals surface area contributed by atoms with Gasteiger partial charge in [0.25, 0.3) is 0 Å². The number of hydrogen-bond acceptors (Lipinski definition) is 3. The molecule has 1 rings (SSSR count). The minimum absolute atomic E-state index is 0.0443. The van der Waals surface area contributed by atoms with E-state index >= 15 is 0 Å². The predicted molar refractivity (Wildman–Crippen MR) is 66.2 cm³/mol. The third-order valence-corrected chi connectivity index (χ3v) is 2.88. The molecule has 5 heteroatoms. The van der Waals surface area contributed by atoms with Crippen molar-refractivity contribution < 1.29 is 15.0 Å². The van der Waals surface area contributed by atoms with Crippen molar-refractivity contribution >= 4 is 17.6 Å². The highest BCUT2D eigenvalue weighted by atomic mass is 35.5. The molecule has 0 saturated carbocycles. The Kier molecular flexibility index (Phi) is 4.78. The molecule has 1 aromatic carbocycles. The lowest BCUT2D eigenvalue weighted by molar-refractivity contribution is -0.140. The fraction of sp³-hybridized carbons (Fsp3) is 0.417. The first-order valence-electron chi connectivity index (χ1n) is 5.36. The summed E-state index contributed by atoms with van der Waals surface area (Å²) in [5, 5.41) is 21.9. The quantitative estimate of drug-likeness (QED) is 0.757. The fourth-order valence-electron chi connectivity index (χ4n) is 1.54. The average Bonchev–Trinajstić information content (AvgIpc) is 2.21. The number of rotatable bonds is 5. The maximum Gasteiger partial charge on any atom is 0.320 e. The van der Waals surface area contributed by atoms with Crippen molar-refractivity contribution in [1.82, 2.24) is 5.32 Å². The molecule has 17 heavy (non-hydrogen) atoms. The van der Waals surface area contributed by atoms with Crippen LogP contribution >= 0.6 is 11.6 Å². The second-order valence-electron chi connectivity index (χ2n) is 4.18. The molecule has 0 spiro atoms. The van der Waals surface area contributed by atoms with E-state index in [0.717, 1.165) is 0 Å². The highest BCUT2D eigenvalue weighted by Crippen LogP contribution is 2.25. The van der Waals surface area contributed by atoms with Gasteiger partial charge in [-0.25, -0.2) is 0 Å². The molecule has 1 unspecified atom stereocenters. The summed E-state index contributed by atoms with van der Waals surface area (Å²) in [5.74, 6) is -0.887. The largest absolute Gasteiger partial charge is 0.508 e. The van der Waals surface area contributed by atoms with Crippen LogP contribution in [0.1, 0.15) is 19.4 Å². The zero-order valence-corrected chi connectivity index (χ0v) is 10.5. The summed E-state index contributed by atoms with van der Waals surface area (Å²) in [7, 11) is 0. The van der Waals surface area contributed by atoms with Crippen molar-refractivity contribution in [2.45, 2.75) is 26.4 Å². The summed E-state index contributed by atoms with van der Waals surface area (Å²) in [6.45, 7) is 3.86. The Labute approximate surface area is 105 Å². The van der Waals surface area contributed by atoms with Crippen LogP contribution in [0, 0.1) is 5.92 Å².